The zero-order valence-corrected chi connectivity index (χ0v) is 19.3. The maximum atomic E-state index is 14.0. The van der Waals surface area contributed by atoms with Gasteiger partial charge in [-0.05, 0) is 43.0 Å². The zero-order valence-electron chi connectivity index (χ0n) is 19.3. The average molecular weight is 453 g/mol. The molecule has 176 valence electrons. The van der Waals surface area contributed by atoms with E-state index in [1.165, 1.54) is 11.6 Å². The lowest BCUT2D eigenvalue weighted by atomic mass is 9.74. The van der Waals surface area contributed by atoms with Crippen molar-refractivity contribution in [2.45, 2.75) is 37.9 Å². The summed E-state index contributed by atoms with van der Waals surface area (Å²) in [6, 6.07) is 15.1. The quantitative estimate of drug-likeness (QED) is 0.634. The predicted molar refractivity (Wildman–Crippen MR) is 125 cm³/mol. The van der Waals surface area contributed by atoms with E-state index in [-0.39, 0.29) is 23.6 Å². The number of rotatable bonds is 7. The number of fused-ring (bicyclic) bond motifs is 3. The molecule has 33 heavy (non-hydrogen) atoms. The summed E-state index contributed by atoms with van der Waals surface area (Å²) in [5, 5.41) is 0. The van der Waals surface area contributed by atoms with Crippen molar-refractivity contribution < 1.29 is 18.7 Å². The molecule has 2 fully saturated rings. The summed E-state index contributed by atoms with van der Waals surface area (Å²) < 4.78 is 26.0. The van der Waals surface area contributed by atoms with Crippen LogP contribution in [0.15, 0.2) is 48.5 Å². The van der Waals surface area contributed by atoms with Crippen LogP contribution in [-0.4, -0.2) is 67.6 Å². The Morgan fingerprint density at radius 1 is 1.09 bits per heavy atom. The van der Waals surface area contributed by atoms with Crippen LogP contribution in [0.25, 0.3) is 0 Å². The van der Waals surface area contributed by atoms with Crippen LogP contribution in [0.1, 0.15) is 42.9 Å². The van der Waals surface area contributed by atoms with Crippen LogP contribution in [0.3, 0.4) is 0 Å². The average Bonchev–Trinajstić information content (AvgIpc) is 3.22. The fraction of sp³-hybridized carbons (Fsp3) is 0.519. The molecule has 2 aromatic carbocycles. The number of carbonyl (C=O) groups is 1. The van der Waals surface area contributed by atoms with Crippen LogP contribution in [-0.2, 0) is 9.53 Å². The first-order valence-electron chi connectivity index (χ1n) is 12.2. The van der Waals surface area contributed by atoms with Crippen molar-refractivity contribution in [3.63, 3.8) is 0 Å². The second kappa shape index (κ2) is 9.92. The summed E-state index contributed by atoms with van der Waals surface area (Å²) in [4.78, 5) is 17.5. The van der Waals surface area contributed by atoms with Gasteiger partial charge in [-0.25, -0.2) is 4.39 Å². The van der Waals surface area contributed by atoms with E-state index in [9.17, 15) is 9.18 Å². The van der Waals surface area contributed by atoms with E-state index in [4.69, 9.17) is 9.47 Å². The molecule has 4 unspecified atom stereocenters. The molecule has 2 heterocycles. The minimum atomic E-state index is -0.445. The van der Waals surface area contributed by atoms with Gasteiger partial charge in [0.15, 0.2) is 11.9 Å². The van der Waals surface area contributed by atoms with Crippen molar-refractivity contribution in [3.8, 4) is 5.75 Å². The standard InChI is InChI=1S/C27H33FN2O3/c1-2-32-25(19-6-4-3-5-7-19)18-30-14-12-29(13-15-30)17-20-8-10-23(31)27-26(20)22-16-21(28)9-11-24(22)33-27/h3-7,9,11,16,20,25-27H,2,8,10,12-15,17-18H2,1H3. The maximum Gasteiger partial charge on any atom is 0.173 e. The van der Waals surface area contributed by atoms with E-state index in [2.05, 4.69) is 34.1 Å². The third-order valence-electron chi connectivity index (χ3n) is 7.42. The van der Waals surface area contributed by atoms with Crippen LogP contribution >= 0.6 is 0 Å². The number of nitrogens with zero attached hydrogens (tertiary/aromatic N) is 2. The van der Waals surface area contributed by atoms with Crippen molar-refractivity contribution in [2.75, 3.05) is 45.9 Å². The molecule has 1 saturated heterocycles. The van der Waals surface area contributed by atoms with Crippen LogP contribution in [0.5, 0.6) is 5.75 Å². The second-order valence-electron chi connectivity index (χ2n) is 9.47. The minimum Gasteiger partial charge on any atom is -0.482 e. The summed E-state index contributed by atoms with van der Waals surface area (Å²) in [5.74, 6) is 0.851. The van der Waals surface area contributed by atoms with Gasteiger partial charge < -0.3 is 14.4 Å². The first kappa shape index (κ1) is 22.5. The van der Waals surface area contributed by atoms with Gasteiger partial charge in [0.25, 0.3) is 0 Å². The summed E-state index contributed by atoms with van der Waals surface area (Å²) in [5.41, 5.74) is 2.10. The zero-order chi connectivity index (χ0) is 22.8. The van der Waals surface area contributed by atoms with E-state index in [0.717, 1.165) is 51.3 Å². The largest absolute Gasteiger partial charge is 0.482 e. The molecule has 0 spiro atoms. The highest BCUT2D eigenvalue weighted by Crippen LogP contribution is 2.47. The van der Waals surface area contributed by atoms with Gasteiger partial charge in [-0.3, -0.25) is 9.69 Å². The number of Topliss-reactive ketones (excluding diaryl/α,β-unsaturated/α-hetero) is 1. The second-order valence-corrected chi connectivity index (χ2v) is 9.47. The first-order valence-corrected chi connectivity index (χ1v) is 12.2. The van der Waals surface area contributed by atoms with Gasteiger partial charge in [0, 0.05) is 63.8 Å². The van der Waals surface area contributed by atoms with Crippen molar-refractivity contribution in [2.24, 2.45) is 5.92 Å². The van der Waals surface area contributed by atoms with Gasteiger partial charge in [0.05, 0.1) is 6.10 Å². The topological polar surface area (TPSA) is 42.0 Å². The maximum absolute atomic E-state index is 14.0. The summed E-state index contributed by atoms with van der Waals surface area (Å²) in [6.07, 6.45) is 1.05. The van der Waals surface area contributed by atoms with Gasteiger partial charge in [-0.1, -0.05) is 30.3 Å². The fourth-order valence-electron chi connectivity index (χ4n) is 5.73. The van der Waals surface area contributed by atoms with Crippen molar-refractivity contribution >= 4 is 5.78 Å². The van der Waals surface area contributed by atoms with Crippen molar-refractivity contribution in [1.29, 1.82) is 0 Å². The lowest BCUT2D eigenvalue weighted by Gasteiger charge is -2.40. The number of carbonyl (C=O) groups excluding carboxylic acids is 1. The number of hydrogen-bond donors (Lipinski definition) is 0. The molecular weight excluding hydrogens is 419 g/mol. The van der Waals surface area contributed by atoms with Gasteiger partial charge >= 0.3 is 0 Å². The van der Waals surface area contributed by atoms with Crippen molar-refractivity contribution in [1.82, 2.24) is 9.80 Å². The Morgan fingerprint density at radius 3 is 2.61 bits per heavy atom. The van der Waals surface area contributed by atoms with Gasteiger partial charge in [-0.2, -0.15) is 0 Å². The van der Waals surface area contributed by atoms with Crippen molar-refractivity contribution in [3.05, 3.63) is 65.5 Å². The summed E-state index contributed by atoms with van der Waals surface area (Å²) in [7, 11) is 0. The highest BCUT2D eigenvalue weighted by atomic mass is 19.1. The SMILES string of the molecule is CCOC(CN1CCN(CC2CCC(=O)C3Oc4ccc(F)cc4C23)CC1)c1ccccc1. The molecule has 5 nitrogen and oxygen atoms in total. The van der Waals surface area contributed by atoms with Gasteiger partial charge in [-0.15, -0.1) is 0 Å². The van der Waals surface area contributed by atoms with E-state index in [1.54, 1.807) is 12.1 Å². The summed E-state index contributed by atoms with van der Waals surface area (Å²) in [6.45, 7) is 8.55. The summed E-state index contributed by atoms with van der Waals surface area (Å²) >= 11 is 0. The van der Waals surface area contributed by atoms with Crippen LogP contribution < -0.4 is 4.74 Å². The Bertz CT molecular complexity index is 961. The first-order chi connectivity index (χ1) is 16.1. The highest BCUT2D eigenvalue weighted by molar-refractivity contribution is 5.86. The number of piperazine rings is 1. The molecule has 5 rings (SSSR count). The third kappa shape index (κ3) is 4.84. The highest BCUT2D eigenvalue weighted by Gasteiger charge is 2.47. The van der Waals surface area contributed by atoms with Gasteiger partial charge in [0.2, 0.25) is 0 Å². The molecule has 0 aromatic heterocycles. The van der Waals surface area contributed by atoms with E-state index < -0.39 is 6.10 Å². The molecule has 1 aliphatic carbocycles. The molecule has 4 atom stereocenters. The molecule has 0 amide bonds. The Morgan fingerprint density at radius 2 is 1.85 bits per heavy atom. The normalized spacial score (nSPS) is 26.5. The molecule has 6 heteroatoms. The Balaban J connectivity index is 1.20. The Hall–Kier alpha value is -2.28. The number of benzene rings is 2. The number of ether oxygens (including phenoxy) is 2. The van der Waals surface area contributed by atoms with Crippen LogP contribution in [0.4, 0.5) is 4.39 Å². The molecule has 0 bridgehead atoms. The molecule has 0 radical (unpaired) electrons. The van der Waals surface area contributed by atoms with Crippen LogP contribution in [0, 0.1) is 11.7 Å². The number of ketones is 1. The molecule has 1 saturated carbocycles. The third-order valence-corrected chi connectivity index (χ3v) is 7.42. The van der Waals surface area contributed by atoms with Crippen LogP contribution in [0.2, 0.25) is 0 Å². The lowest BCUT2D eigenvalue weighted by molar-refractivity contribution is -0.129. The van der Waals surface area contributed by atoms with Gasteiger partial charge in [0.1, 0.15) is 11.6 Å². The Kier molecular flexibility index (Phi) is 6.76. The predicted octanol–water partition coefficient (Wildman–Crippen LogP) is 4.04. The number of halogens is 1. The molecule has 2 aliphatic heterocycles. The monoisotopic (exact) mass is 452 g/mol. The number of hydrogen-bond acceptors (Lipinski definition) is 5. The van der Waals surface area contributed by atoms with E-state index in [1.807, 2.05) is 13.0 Å². The fourth-order valence-corrected chi connectivity index (χ4v) is 5.73. The molecular formula is C27H33FN2O3. The smallest absolute Gasteiger partial charge is 0.173 e. The van der Waals surface area contributed by atoms with E-state index >= 15 is 0 Å². The van der Waals surface area contributed by atoms with E-state index in [0.29, 0.717) is 24.7 Å². The Labute approximate surface area is 195 Å². The molecule has 0 N–H and O–H groups in total. The minimum absolute atomic E-state index is 0.0320. The molecule has 3 aliphatic rings. The molecule has 2 aromatic rings. The lowest BCUT2D eigenvalue weighted by Crippen LogP contribution is -2.50.